The van der Waals surface area contributed by atoms with E-state index in [1.807, 2.05) is 17.0 Å². The molecule has 3 aromatic rings. The predicted molar refractivity (Wildman–Crippen MR) is 126 cm³/mol. The van der Waals surface area contributed by atoms with Crippen molar-refractivity contribution in [1.82, 2.24) is 19.9 Å². The number of carbonyl (C=O) groups is 1. The highest BCUT2D eigenvalue weighted by Crippen LogP contribution is 2.31. The number of hydrogen-bond acceptors (Lipinski definition) is 8. The number of nitrogens with zero attached hydrogens (tertiary/aromatic N) is 4. The first-order valence-electron chi connectivity index (χ1n) is 11.4. The van der Waals surface area contributed by atoms with Gasteiger partial charge >= 0.3 is 0 Å². The molecular weight excluding hydrogens is 455 g/mol. The van der Waals surface area contributed by atoms with Gasteiger partial charge < -0.3 is 23.6 Å². The van der Waals surface area contributed by atoms with Crippen molar-refractivity contribution in [2.24, 2.45) is 0 Å². The van der Waals surface area contributed by atoms with Crippen LogP contribution in [0.5, 0.6) is 17.2 Å². The van der Waals surface area contributed by atoms with Crippen LogP contribution in [0.1, 0.15) is 17.9 Å². The molecule has 9 nitrogen and oxygen atoms in total. The third kappa shape index (κ3) is 5.89. The average Bonchev–Trinajstić information content (AvgIpc) is 3.36. The van der Waals surface area contributed by atoms with Gasteiger partial charge in [0.2, 0.25) is 17.6 Å². The Kier molecular flexibility index (Phi) is 7.81. The van der Waals surface area contributed by atoms with Crippen LogP contribution in [0.3, 0.4) is 0 Å². The van der Waals surface area contributed by atoms with E-state index in [2.05, 4.69) is 15.0 Å². The molecule has 1 aromatic heterocycles. The van der Waals surface area contributed by atoms with Crippen LogP contribution >= 0.6 is 0 Å². The molecule has 0 unspecified atom stereocenters. The van der Waals surface area contributed by atoms with Gasteiger partial charge in [-0.2, -0.15) is 4.98 Å². The second kappa shape index (κ2) is 11.2. The molecule has 0 N–H and O–H groups in total. The molecule has 1 fully saturated rings. The maximum absolute atomic E-state index is 13.9. The lowest BCUT2D eigenvalue weighted by atomic mass is 10.1. The number of methoxy groups -OCH3 is 3. The van der Waals surface area contributed by atoms with E-state index in [4.69, 9.17) is 18.7 Å². The first-order valence-corrected chi connectivity index (χ1v) is 11.4. The Morgan fingerprint density at radius 1 is 0.971 bits per heavy atom. The summed E-state index contributed by atoms with van der Waals surface area (Å²) in [4.78, 5) is 21.2. The topological polar surface area (TPSA) is 90.2 Å². The van der Waals surface area contributed by atoms with Gasteiger partial charge in [0.15, 0.2) is 23.1 Å². The smallest absolute Gasteiger partial charge is 0.227 e. The number of piperazine rings is 1. The Morgan fingerprint density at radius 2 is 1.69 bits per heavy atom. The third-order valence-corrected chi connectivity index (χ3v) is 6.01. The predicted octanol–water partition coefficient (Wildman–Crippen LogP) is 3.18. The van der Waals surface area contributed by atoms with Crippen LogP contribution in [0.25, 0.3) is 11.4 Å². The van der Waals surface area contributed by atoms with Gasteiger partial charge in [-0.3, -0.25) is 9.69 Å². The molecule has 1 aliphatic rings. The summed E-state index contributed by atoms with van der Waals surface area (Å²) in [6.45, 7) is 3.33. The van der Waals surface area contributed by atoms with Gasteiger partial charge in [0, 0.05) is 51.1 Å². The molecule has 0 spiro atoms. The van der Waals surface area contributed by atoms with Crippen LogP contribution in [0, 0.1) is 5.82 Å². The summed E-state index contributed by atoms with van der Waals surface area (Å²) in [6, 6.07) is 10.4. The number of aryl methyl sites for hydroxylation is 1. The normalized spacial score (nSPS) is 14.1. The lowest BCUT2D eigenvalue weighted by molar-refractivity contribution is -0.133. The first kappa shape index (κ1) is 24.5. The van der Waals surface area contributed by atoms with E-state index in [1.165, 1.54) is 13.2 Å². The lowest BCUT2D eigenvalue weighted by Gasteiger charge is -2.34. The van der Waals surface area contributed by atoms with Gasteiger partial charge in [-0.15, -0.1) is 0 Å². The van der Waals surface area contributed by atoms with Crippen LogP contribution < -0.4 is 14.2 Å². The number of amides is 1. The number of aromatic nitrogens is 2. The van der Waals surface area contributed by atoms with Crippen LogP contribution in [0.2, 0.25) is 0 Å². The summed E-state index contributed by atoms with van der Waals surface area (Å²) >= 11 is 0. The zero-order valence-electron chi connectivity index (χ0n) is 20.1. The van der Waals surface area contributed by atoms with Gasteiger partial charge in [0.05, 0.1) is 21.3 Å². The Bertz CT molecular complexity index is 1160. The molecule has 1 aliphatic heterocycles. The van der Waals surface area contributed by atoms with Gasteiger partial charge in [-0.05, 0) is 35.9 Å². The van der Waals surface area contributed by atoms with E-state index < -0.39 is 0 Å². The van der Waals surface area contributed by atoms with E-state index in [-0.39, 0.29) is 23.9 Å². The molecule has 0 bridgehead atoms. The second-order valence-electron chi connectivity index (χ2n) is 8.21. The zero-order valence-corrected chi connectivity index (χ0v) is 20.1. The van der Waals surface area contributed by atoms with Crippen molar-refractivity contribution in [3.8, 4) is 28.6 Å². The Morgan fingerprint density at radius 3 is 2.37 bits per heavy atom. The summed E-state index contributed by atoms with van der Waals surface area (Å²) in [5, 5.41) is 4.03. The van der Waals surface area contributed by atoms with Crippen molar-refractivity contribution in [1.29, 1.82) is 0 Å². The van der Waals surface area contributed by atoms with Gasteiger partial charge in [0.1, 0.15) is 0 Å². The van der Waals surface area contributed by atoms with Crippen LogP contribution in [-0.4, -0.2) is 73.4 Å². The summed E-state index contributed by atoms with van der Waals surface area (Å²) in [6.07, 6.45) is 0.654. The number of carbonyl (C=O) groups excluding carboxylic acids is 1. The fraction of sp³-hybridized carbons (Fsp3) is 0.400. The molecule has 1 amide bonds. The van der Waals surface area contributed by atoms with Crippen molar-refractivity contribution >= 4 is 5.91 Å². The molecule has 2 heterocycles. The van der Waals surface area contributed by atoms with E-state index in [0.29, 0.717) is 49.3 Å². The molecule has 1 saturated heterocycles. The summed E-state index contributed by atoms with van der Waals surface area (Å²) in [7, 11) is 4.58. The summed E-state index contributed by atoms with van der Waals surface area (Å²) in [5.74, 6) is 1.94. The second-order valence-corrected chi connectivity index (χ2v) is 8.21. The van der Waals surface area contributed by atoms with Crippen molar-refractivity contribution in [2.45, 2.75) is 19.4 Å². The Labute approximate surface area is 203 Å². The largest absolute Gasteiger partial charge is 0.494 e. The van der Waals surface area contributed by atoms with Crippen LogP contribution in [-0.2, 0) is 17.8 Å². The minimum absolute atomic E-state index is 0.0472. The molecule has 4 rings (SSSR count). The van der Waals surface area contributed by atoms with E-state index >= 15 is 0 Å². The monoisotopic (exact) mass is 484 g/mol. The minimum atomic E-state index is -0.367. The number of hydrogen-bond donors (Lipinski definition) is 0. The van der Waals surface area contributed by atoms with Crippen LogP contribution in [0.15, 0.2) is 40.9 Å². The van der Waals surface area contributed by atoms with Crippen molar-refractivity contribution in [3.05, 3.63) is 53.7 Å². The molecule has 10 heteroatoms. The maximum atomic E-state index is 13.9. The molecule has 0 radical (unpaired) electrons. The fourth-order valence-electron chi connectivity index (χ4n) is 4.04. The van der Waals surface area contributed by atoms with E-state index in [9.17, 15) is 9.18 Å². The van der Waals surface area contributed by atoms with E-state index in [1.54, 1.807) is 32.4 Å². The highest BCUT2D eigenvalue weighted by atomic mass is 19.1. The lowest BCUT2D eigenvalue weighted by Crippen LogP contribution is -2.48. The highest BCUT2D eigenvalue weighted by Gasteiger charge is 2.22. The molecule has 35 heavy (non-hydrogen) atoms. The average molecular weight is 485 g/mol. The first-order chi connectivity index (χ1) is 17.0. The van der Waals surface area contributed by atoms with Crippen LogP contribution in [0.4, 0.5) is 4.39 Å². The SMILES string of the molecule is COc1ccc(CN2CCN(C(=O)CCc3nc(-c4ccc(OC)c(OC)c4)no3)CC2)cc1F. The molecule has 186 valence electrons. The Hall–Kier alpha value is -3.66. The molecule has 0 saturated carbocycles. The molecule has 0 atom stereocenters. The zero-order chi connectivity index (χ0) is 24.8. The van der Waals surface area contributed by atoms with Gasteiger partial charge in [-0.1, -0.05) is 11.2 Å². The summed E-state index contributed by atoms with van der Waals surface area (Å²) < 4.78 is 34.8. The van der Waals surface area contributed by atoms with Gasteiger partial charge in [0.25, 0.3) is 0 Å². The number of rotatable bonds is 9. The maximum Gasteiger partial charge on any atom is 0.227 e. The fourth-order valence-corrected chi connectivity index (χ4v) is 4.04. The molecular formula is C25H29FN4O5. The number of benzene rings is 2. The molecule has 2 aromatic carbocycles. The molecule has 0 aliphatic carbocycles. The Balaban J connectivity index is 1.26. The van der Waals surface area contributed by atoms with E-state index in [0.717, 1.165) is 24.2 Å². The third-order valence-electron chi connectivity index (χ3n) is 6.01. The van der Waals surface area contributed by atoms with Crippen molar-refractivity contribution in [3.63, 3.8) is 0 Å². The quantitative estimate of drug-likeness (QED) is 0.458. The number of halogens is 1. The van der Waals surface area contributed by atoms with Gasteiger partial charge in [-0.25, -0.2) is 4.39 Å². The minimum Gasteiger partial charge on any atom is -0.494 e. The standard InChI is InChI=1S/C25H29FN4O5/c1-32-20-6-4-17(14-19(20)26)16-29-10-12-30(13-11-29)24(31)9-8-23-27-25(28-35-23)18-5-7-21(33-2)22(15-18)34-3/h4-7,14-15H,8-13,16H2,1-3H3. The van der Waals surface area contributed by atoms with Crippen molar-refractivity contribution in [2.75, 3.05) is 47.5 Å². The summed E-state index contributed by atoms with van der Waals surface area (Å²) in [5.41, 5.74) is 1.61. The number of ether oxygens (including phenoxy) is 3. The van der Waals surface area contributed by atoms with Crippen molar-refractivity contribution < 1.29 is 27.9 Å². The highest BCUT2D eigenvalue weighted by molar-refractivity contribution is 5.76.